The Hall–Kier alpha value is -0.980. The van der Waals surface area contributed by atoms with E-state index in [-0.39, 0.29) is 22.3 Å². The molecule has 1 aromatic rings. The van der Waals surface area contributed by atoms with Crippen LogP contribution in [-0.2, 0) is 20.2 Å². The van der Waals surface area contributed by atoms with Crippen molar-refractivity contribution in [3.8, 4) is 0 Å². The molecule has 1 aromatic carbocycles. The van der Waals surface area contributed by atoms with Crippen LogP contribution >= 0.6 is 23.2 Å². The minimum absolute atomic E-state index is 0.000944. The van der Waals surface area contributed by atoms with Crippen molar-refractivity contribution in [3.63, 3.8) is 0 Å². The van der Waals surface area contributed by atoms with Crippen molar-refractivity contribution < 1.29 is 36.2 Å². The molecule has 0 amide bonds. The van der Waals surface area contributed by atoms with Crippen LogP contribution < -0.4 is 0 Å². The predicted octanol–water partition coefficient (Wildman–Crippen LogP) is 1.66. The summed E-state index contributed by atoms with van der Waals surface area (Å²) in [5, 5.41) is 20.6. The number of hydrogen-bond donors (Lipinski definition) is 4. The lowest BCUT2D eigenvalue weighted by Crippen LogP contribution is -2.38. The van der Waals surface area contributed by atoms with Crippen LogP contribution in [0.3, 0.4) is 0 Å². The summed E-state index contributed by atoms with van der Waals surface area (Å²) in [4.78, 5) is -0.484. The van der Waals surface area contributed by atoms with Crippen LogP contribution in [0.1, 0.15) is 29.8 Å². The normalized spacial score (nSPS) is 29.1. The van der Waals surface area contributed by atoms with Gasteiger partial charge in [0.2, 0.25) is 4.21 Å². The van der Waals surface area contributed by atoms with Gasteiger partial charge in [0, 0.05) is 6.42 Å². The average molecular weight is 443 g/mol. The van der Waals surface area contributed by atoms with Gasteiger partial charge in [-0.15, -0.1) is 0 Å². The molecule has 0 saturated carbocycles. The fourth-order valence-electron chi connectivity index (χ4n) is 3.05. The number of halogens is 2. The van der Waals surface area contributed by atoms with Gasteiger partial charge in [0.1, 0.15) is 12.2 Å². The number of aliphatic hydroxyl groups is 2. The van der Waals surface area contributed by atoms with Gasteiger partial charge in [-0.2, -0.15) is 16.8 Å². The molecule has 0 bridgehead atoms. The molecule has 0 spiro atoms. The summed E-state index contributed by atoms with van der Waals surface area (Å²) in [5.41, 5.74) is 0.148. The molecule has 0 heterocycles. The van der Waals surface area contributed by atoms with Crippen molar-refractivity contribution in [3.05, 3.63) is 51.6 Å². The van der Waals surface area contributed by atoms with Crippen LogP contribution in [0.2, 0.25) is 0 Å². The molecule has 0 radical (unpaired) electrons. The molecule has 0 saturated heterocycles. The molecule has 2 aliphatic carbocycles. The molecule has 3 unspecified atom stereocenters. The van der Waals surface area contributed by atoms with Gasteiger partial charge in [-0.3, -0.25) is 9.11 Å². The number of fused-ring (bicyclic) bond motifs is 1. The summed E-state index contributed by atoms with van der Waals surface area (Å²) < 4.78 is 62.0. The fraction of sp³-hybridized carbons (Fsp3) is 0.286. The molecule has 12 heteroatoms. The van der Waals surface area contributed by atoms with Gasteiger partial charge in [-0.05, 0) is 40.5 Å². The van der Waals surface area contributed by atoms with E-state index < -0.39 is 53.0 Å². The molecule has 3 rings (SSSR count). The average Bonchev–Trinajstić information content (AvgIpc) is 2.52. The highest BCUT2D eigenvalue weighted by atomic mass is 35.5. The van der Waals surface area contributed by atoms with E-state index in [1.165, 1.54) is 6.07 Å². The minimum Gasteiger partial charge on any atom is -0.384 e. The van der Waals surface area contributed by atoms with E-state index in [1.807, 2.05) is 0 Å². The summed E-state index contributed by atoms with van der Waals surface area (Å²) in [6.07, 6.45) is -2.46. The lowest BCUT2D eigenvalue weighted by Gasteiger charge is -2.37. The second kappa shape index (κ2) is 6.01. The maximum Gasteiger partial charge on any atom is 0.294 e. The summed E-state index contributed by atoms with van der Waals surface area (Å²) >= 11 is 11.9. The number of aliphatic hydroxyl groups excluding tert-OH is 2. The Labute approximate surface area is 158 Å². The Balaban J connectivity index is 2.18. The van der Waals surface area contributed by atoms with E-state index >= 15 is 0 Å². The van der Waals surface area contributed by atoms with E-state index in [0.29, 0.717) is 0 Å². The lowest BCUT2D eigenvalue weighted by molar-refractivity contribution is 0.166. The second-order valence-corrected chi connectivity index (χ2v) is 10.3. The maximum absolute atomic E-state index is 11.6. The second-order valence-electron chi connectivity index (χ2n) is 5.92. The Morgan fingerprint density at radius 2 is 1.65 bits per heavy atom. The van der Waals surface area contributed by atoms with Crippen LogP contribution in [0.15, 0.2) is 45.3 Å². The molecule has 3 atom stereocenters. The monoisotopic (exact) mass is 442 g/mol. The molecule has 26 heavy (non-hydrogen) atoms. The third kappa shape index (κ3) is 2.90. The number of rotatable bonds is 2. The zero-order chi connectivity index (χ0) is 19.7. The van der Waals surface area contributed by atoms with Crippen molar-refractivity contribution >= 4 is 43.4 Å². The van der Waals surface area contributed by atoms with Gasteiger partial charge in [-0.25, -0.2) is 0 Å². The summed E-state index contributed by atoms with van der Waals surface area (Å²) in [5.74, 6) is 0. The Kier molecular flexibility index (Phi) is 4.57. The van der Waals surface area contributed by atoms with Crippen molar-refractivity contribution in [2.45, 2.75) is 27.7 Å². The Bertz CT molecular complexity index is 1070. The van der Waals surface area contributed by atoms with Crippen LogP contribution in [0.25, 0.3) is 0 Å². The maximum atomic E-state index is 11.6. The fourth-order valence-corrected chi connectivity index (χ4v) is 4.88. The lowest BCUT2D eigenvalue weighted by atomic mass is 9.78. The van der Waals surface area contributed by atoms with E-state index in [2.05, 4.69) is 0 Å². The highest BCUT2D eigenvalue weighted by Crippen LogP contribution is 2.52. The van der Waals surface area contributed by atoms with Gasteiger partial charge in [0.25, 0.3) is 20.2 Å². The van der Waals surface area contributed by atoms with Gasteiger partial charge in [0.15, 0.2) is 0 Å². The molecule has 0 aliphatic heterocycles. The van der Waals surface area contributed by atoms with Crippen molar-refractivity contribution in [1.82, 2.24) is 0 Å². The molecule has 142 valence electrons. The van der Waals surface area contributed by atoms with Gasteiger partial charge >= 0.3 is 0 Å². The van der Waals surface area contributed by atoms with Gasteiger partial charge in [-0.1, -0.05) is 29.3 Å². The predicted molar refractivity (Wildman–Crippen MR) is 91.9 cm³/mol. The molecule has 4 N–H and O–H groups in total. The summed E-state index contributed by atoms with van der Waals surface area (Å²) in [6.45, 7) is 0. The van der Waals surface area contributed by atoms with E-state index in [4.69, 9.17) is 27.8 Å². The van der Waals surface area contributed by atoms with Gasteiger partial charge in [0.05, 0.1) is 9.93 Å². The molecule has 8 nitrogen and oxygen atoms in total. The largest absolute Gasteiger partial charge is 0.384 e. The van der Waals surface area contributed by atoms with Crippen molar-refractivity contribution in [2.24, 2.45) is 0 Å². The number of alkyl halides is 1. The Morgan fingerprint density at radius 1 is 1.04 bits per heavy atom. The zero-order valence-corrected chi connectivity index (χ0v) is 15.8. The van der Waals surface area contributed by atoms with Crippen LogP contribution in [0, 0.1) is 0 Å². The first kappa shape index (κ1) is 19.8. The zero-order valence-electron chi connectivity index (χ0n) is 12.7. The molecule has 2 aliphatic rings. The smallest absolute Gasteiger partial charge is 0.294 e. The molecule has 0 aromatic heterocycles. The van der Waals surface area contributed by atoms with Crippen LogP contribution in [0.5, 0.6) is 0 Å². The quantitative estimate of drug-likeness (QED) is 0.398. The van der Waals surface area contributed by atoms with Crippen molar-refractivity contribution in [1.29, 1.82) is 0 Å². The molecular formula is C14H12Cl2O8S2. The van der Waals surface area contributed by atoms with E-state index in [9.17, 15) is 31.6 Å². The highest BCUT2D eigenvalue weighted by Gasteiger charge is 2.50. The van der Waals surface area contributed by atoms with Crippen molar-refractivity contribution in [2.75, 3.05) is 0 Å². The first-order valence-corrected chi connectivity index (χ1v) is 10.6. The topological polar surface area (TPSA) is 149 Å². The third-order valence-corrected chi connectivity index (χ3v) is 8.00. The van der Waals surface area contributed by atoms with Gasteiger partial charge < -0.3 is 10.2 Å². The molecule has 0 fully saturated rings. The summed E-state index contributed by atoms with van der Waals surface area (Å²) in [6, 6.07) is 3.20. The minimum atomic E-state index is -4.84. The summed E-state index contributed by atoms with van der Waals surface area (Å²) in [7, 11) is -9.38. The van der Waals surface area contributed by atoms with Crippen LogP contribution in [-0.4, -0.2) is 40.4 Å². The number of benzene rings is 1. The first-order valence-electron chi connectivity index (χ1n) is 7.01. The Morgan fingerprint density at radius 3 is 2.19 bits per heavy atom. The van der Waals surface area contributed by atoms with E-state index in [0.717, 1.165) is 18.2 Å². The highest BCUT2D eigenvalue weighted by molar-refractivity contribution is 7.89. The SMILES string of the molecule is O=S(=O)(O)c1ccc2c(c1)C(O)C1=C(CC(Cl)(S(=O)(=O)O)C(Cl)=C1)C2O. The third-order valence-electron chi connectivity index (χ3n) is 4.41. The standard InChI is InChI=1S/C14H12Cl2O8S2/c15-11-4-9-10(5-14(11,16)26(22,23)24)12(17)7-2-1-6(25(19,20)21)3-8(7)13(9)18/h1-4,12-13,17-18H,5H2,(H,19,20,21)(H,22,23,24). The molecular weight excluding hydrogens is 431 g/mol. The number of hydrogen-bond acceptors (Lipinski definition) is 6. The van der Waals surface area contributed by atoms with E-state index in [1.54, 1.807) is 0 Å². The first-order chi connectivity index (χ1) is 11.8. The van der Waals surface area contributed by atoms with Crippen LogP contribution in [0.4, 0.5) is 0 Å².